The van der Waals surface area contributed by atoms with Crippen molar-refractivity contribution in [1.29, 1.82) is 0 Å². The zero-order chi connectivity index (χ0) is 49.9. The number of benzene rings is 6. The maximum absolute atomic E-state index is 14.6. The van der Waals surface area contributed by atoms with Gasteiger partial charge in [-0.05, 0) is 60.4 Å². The Kier molecular flexibility index (Phi) is 15.4. The molecule has 3 N–H and O–H groups in total. The third-order valence-electron chi connectivity index (χ3n) is 11.6. The van der Waals surface area contributed by atoms with Crippen LogP contribution in [0, 0.1) is 23.3 Å². The molecule has 0 unspecified atom stereocenters. The van der Waals surface area contributed by atoms with E-state index >= 15 is 0 Å². The van der Waals surface area contributed by atoms with Gasteiger partial charge in [0.1, 0.15) is 33.1 Å². The summed E-state index contributed by atoms with van der Waals surface area (Å²) in [4.78, 5) is 27.3. The standard InChI is InChI=1S/C25H22ClF2NO5S.C24H20ClF2NO5S/c1-34-18-7-8-29(13-18)25(31)16-10-20(26)24(30)23(11-16)35(32,33)14-17-9-19(22(28)12-21(17)27)15-5-3-2-4-6-15;25-19-9-15(24(31)28-7-6-17(29)12-28)10-22(23(19)30)34(32,33)13-16-8-18(21(27)11-20(16)26)14-4-2-1-3-5-14/h2-6,9-12,18,30H,7-8,13-14H2,1H3;1-5,8-11,17,29-30H,6-7,12-13H2/t18-;17-/m11/s1. The van der Waals surface area contributed by atoms with Crippen molar-refractivity contribution < 1.29 is 64.0 Å². The summed E-state index contributed by atoms with van der Waals surface area (Å²) in [5, 5.41) is 29.7. The lowest BCUT2D eigenvalue weighted by Gasteiger charge is -2.18. The summed E-state index contributed by atoms with van der Waals surface area (Å²) >= 11 is 12.1. The molecule has 0 saturated carbocycles. The molecule has 2 saturated heterocycles. The molecule has 2 amide bonds. The Bertz CT molecular complexity index is 3170. The topological polar surface area (TPSA) is 179 Å². The molecule has 6 aromatic carbocycles. The Morgan fingerprint density at radius 2 is 1.01 bits per heavy atom. The average molecular weight is 1030 g/mol. The van der Waals surface area contributed by atoms with Crippen molar-refractivity contribution in [3.8, 4) is 33.8 Å². The second-order valence-electron chi connectivity index (χ2n) is 16.3. The van der Waals surface area contributed by atoms with Crippen LogP contribution < -0.4 is 0 Å². The van der Waals surface area contributed by atoms with Gasteiger partial charge in [-0.15, -0.1) is 0 Å². The van der Waals surface area contributed by atoms with E-state index in [1.54, 1.807) is 67.8 Å². The summed E-state index contributed by atoms with van der Waals surface area (Å²) in [5.41, 5.74) is 0.200. The predicted octanol–water partition coefficient (Wildman–Crippen LogP) is 9.00. The first-order chi connectivity index (χ1) is 32.7. The van der Waals surface area contributed by atoms with E-state index in [9.17, 15) is 59.3 Å². The van der Waals surface area contributed by atoms with Crippen molar-refractivity contribution >= 4 is 54.7 Å². The number of methoxy groups -OCH3 is 1. The fourth-order valence-electron chi connectivity index (χ4n) is 7.92. The number of β-amino-alcohol motifs (C(OH)–C–C–N with tert-alkyl or cyclic N) is 1. The number of phenolic OH excluding ortho intramolecular Hbond substituents is 2. The number of aliphatic hydroxyl groups excluding tert-OH is 1. The van der Waals surface area contributed by atoms with Crippen molar-refractivity contribution in [1.82, 2.24) is 9.80 Å². The van der Waals surface area contributed by atoms with Crippen LogP contribution in [0.4, 0.5) is 17.6 Å². The van der Waals surface area contributed by atoms with Gasteiger partial charge in [0.05, 0.1) is 33.8 Å². The second-order valence-corrected chi connectivity index (χ2v) is 21.0. The first-order valence-corrected chi connectivity index (χ1v) is 25.1. The molecule has 20 heteroatoms. The number of hydrogen-bond acceptors (Lipinski definition) is 10. The van der Waals surface area contributed by atoms with Gasteiger partial charge in [-0.1, -0.05) is 83.9 Å². The first kappa shape index (κ1) is 50.8. The molecule has 2 fully saturated rings. The normalized spacial score (nSPS) is 16.1. The maximum atomic E-state index is 14.6. The number of ether oxygens (including phenoxy) is 1. The Hall–Kier alpha value is -6.02. The number of likely N-dealkylation sites (tertiary alicyclic amines) is 2. The highest BCUT2D eigenvalue weighted by atomic mass is 35.5. The SMILES string of the molecule is CO[C@@H]1CCN(C(=O)c2cc(Cl)c(O)c(S(=O)(=O)Cc3cc(-c4ccccc4)c(F)cc3F)c2)C1.O=C(c1cc(Cl)c(O)c(S(=O)(=O)Cc2cc(-c3ccccc3)c(F)cc2F)c1)N1CC[C@@H](O)C1. The number of amides is 2. The molecule has 0 radical (unpaired) electrons. The summed E-state index contributed by atoms with van der Waals surface area (Å²) in [6.07, 6.45) is 0.207. The molecular weight excluding hydrogens is 988 g/mol. The van der Waals surface area contributed by atoms with Gasteiger partial charge < -0.3 is 29.9 Å². The smallest absolute Gasteiger partial charge is 0.254 e. The van der Waals surface area contributed by atoms with Crippen LogP contribution in [-0.4, -0.2) is 99.3 Å². The zero-order valence-corrected chi connectivity index (χ0v) is 39.5. The number of carbonyl (C=O) groups is 2. The fourth-order valence-corrected chi connectivity index (χ4v) is 11.5. The molecule has 8 rings (SSSR count). The fraction of sp³-hybridized carbons (Fsp3) is 0.224. The average Bonchev–Trinajstić information content (AvgIpc) is 3.99. The molecule has 6 aromatic rings. The van der Waals surface area contributed by atoms with Crippen molar-refractivity contribution in [2.24, 2.45) is 0 Å². The second kappa shape index (κ2) is 20.9. The van der Waals surface area contributed by atoms with Crippen LogP contribution in [0.3, 0.4) is 0 Å². The van der Waals surface area contributed by atoms with E-state index in [-0.39, 0.29) is 62.6 Å². The summed E-state index contributed by atoms with van der Waals surface area (Å²) in [7, 11) is -7.26. The Balaban J connectivity index is 0.000000204. The minimum Gasteiger partial charge on any atom is -0.505 e. The largest absolute Gasteiger partial charge is 0.505 e. The quantitative estimate of drug-likeness (QED) is 0.106. The minimum atomic E-state index is -4.41. The molecular formula is C49H42Cl2F4N2O10S2. The first-order valence-electron chi connectivity index (χ1n) is 21.0. The summed E-state index contributed by atoms with van der Waals surface area (Å²) in [6.45, 7) is 1.12. The lowest BCUT2D eigenvalue weighted by molar-refractivity contribution is 0.0723. The van der Waals surface area contributed by atoms with E-state index in [4.69, 9.17) is 27.9 Å². The number of phenols is 2. The molecule has 2 aliphatic rings. The predicted molar refractivity (Wildman–Crippen MR) is 249 cm³/mol. The number of nitrogens with zero attached hydrogens (tertiary/aromatic N) is 2. The van der Waals surface area contributed by atoms with Gasteiger partial charge in [-0.25, -0.2) is 34.4 Å². The summed E-state index contributed by atoms with van der Waals surface area (Å²) in [6, 6.07) is 24.3. The highest BCUT2D eigenvalue weighted by molar-refractivity contribution is 7.91. The Labute approximate surface area is 404 Å². The van der Waals surface area contributed by atoms with Gasteiger partial charge >= 0.3 is 0 Å². The van der Waals surface area contributed by atoms with Crippen LogP contribution in [-0.2, 0) is 35.9 Å². The van der Waals surface area contributed by atoms with Gasteiger partial charge in [0.2, 0.25) is 0 Å². The van der Waals surface area contributed by atoms with Crippen LogP contribution in [0.25, 0.3) is 22.3 Å². The zero-order valence-electron chi connectivity index (χ0n) is 36.4. The lowest BCUT2D eigenvalue weighted by Crippen LogP contribution is -2.30. The highest BCUT2D eigenvalue weighted by Gasteiger charge is 2.32. The third kappa shape index (κ3) is 11.4. The van der Waals surface area contributed by atoms with Crippen molar-refractivity contribution in [3.05, 3.63) is 165 Å². The van der Waals surface area contributed by atoms with Gasteiger partial charge in [0, 0.05) is 78.8 Å². The summed E-state index contributed by atoms with van der Waals surface area (Å²) in [5.74, 6) is -8.13. The monoisotopic (exact) mass is 1030 g/mol. The Morgan fingerprint density at radius 1 is 0.609 bits per heavy atom. The van der Waals surface area contributed by atoms with E-state index in [1.807, 2.05) is 0 Å². The van der Waals surface area contributed by atoms with E-state index in [0.717, 1.165) is 30.3 Å². The highest BCUT2D eigenvalue weighted by Crippen LogP contribution is 2.38. The number of hydrogen-bond donors (Lipinski definition) is 3. The molecule has 12 nitrogen and oxygen atoms in total. The number of carbonyl (C=O) groups excluding carboxylic acids is 2. The maximum Gasteiger partial charge on any atom is 0.254 e. The van der Waals surface area contributed by atoms with E-state index in [0.29, 0.717) is 49.2 Å². The molecule has 2 heterocycles. The van der Waals surface area contributed by atoms with Gasteiger partial charge in [-0.3, -0.25) is 9.59 Å². The van der Waals surface area contributed by atoms with E-state index < -0.39 is 93.7 Å². The molecule has 2 aliphatic heterocycles. The molecule has 0 spiro atoms. The van der Waals surface area contributed by atoms with Crippen LogP contribution >= 0.6 is 23.2 Å². The lowest BCUT2D eigenvalue weighted by atomic mass is 10.0. The van der Waals surface area contributed by atoms with Crippen molar-refractivity contribution in [2.75, 3.05) is 33.3 Å². The minimum absolute atomic E-state index is 0.0194. The molecule has 0 bridgehead atoms. The summed E-state index contributed by atoms with van der Waals surface area (Å²) < 4.78 is 116. The van der Waals surface area contributed by atoms with Crippen LogP contribution in [0.1, 0.15) is 44.7 Å². The van der Waals surface area contributed by atoms with Crippen LogP contribution in [0.5, 0.6) is 11.5 Å². The number of rotatable bonds is 11. The number of halogens is 6. The van der Waals surface area contributed by atoms with Crippen molar-refractivity contribution in [3.63, 3.8) is 0 Å². The van der Waals surface area contributed by atoms with Gasteiger partial charge in [-0.2, -0.15) is 0 Å². The molecule has 0 aliphatic carbocycles. The molecule has 69 heavy (non-hydrogen) atoms. The third-order valence-corrected chi connectivity index (χ3v) is 15.5. The van der Waals surface area contributed by atoms with Crippen LogP contribution in [0.15, 0.2) is 119 Å². The van der Waals surface area contributed by atoms with Crippen LogP contribution in [0.2, 0.25) is 10.0 Å². The molecule has 2 atom stereocenters. The van der Waals surface area contributed by atoms with Crippen molar-refractivity contribution in [2.45, 2.75) is 46.3 Å². The Morgan fingerprint density at radius 3 is 1.39 bits per heavy atom. The molecule has 0 aromatic heterocycles. The number of aliphatic hydroxyl groups is 1. The van der Waals surface area contributed by atoms with Gasteiger partial charge in [0.25, 0.3) is 11.8 Å². The van der Waals surface area contributed by atoms with E-state index in [1.165, 1.54) is 15.9 Å². The molecule has 362 valence electrons. The van der Waals surface area contributed by atoms with E-state index in [2.05, 4.69) is 0 Å². The van der Waals surface area contributed by atoms with Gasteiger partial charge in [0.15, 0.2) is 31.2 Å². The number of aromatic hydroxyl groups is 2. The number of sulfone groups is 2.